The number of carboxylic acid groups (broad SMARTS) is 1. The molecule has 0 aromatic carbocycles. The van der Waals surface area contributed by atoms with Gasteiger partial charge in [-0.15, -0.1) is 11.3 Å². The summed E-state index contributed by atoms with van der Waals surface area (Å²) in [6.07, 6.45) is 3.30. The summed E-state index contributed by atoms with van der Waals surface area (Å²) in [5.74, 6) is -0.795. The number of nitriles is 1. The Labute approximate surface area is 110 Å². The van der Waals surface area contributed by atoms with Crippen LogP contribution in [0.4, 0.5) is 5.00 Å². The van der Waals surface area contributed by atoms with Gasteiger partial charge in [0.25, 0.3) is 0 Å². The maximum Gasteiger partial charge on any atom is 0.305 e. The topological polar surface area (TPSA) is 64.3 Å². The molecule has 0 atom stereocenters. The van der Waals surface area contributed by atoms with E-state index in [1.807, 2.05) is 11.8 Å². The molecule has 0 amide bonds. The lowest BCUT2D eigenvalue weighted by Gasteiger charge is -2.20. The van der Waals surface area contributed by atoms with Gasteiger partial charge in [-0.2, -0.15) is 5.26 Å². The highest BCUT2D eigenvalue weighted by Crippen LogP contribution is 2.40. The number of anilines is 1. The van der Waals surface area contributed by atoms with Crippen molar-refractivity contribution in [2.24, 2.45) is 0 Å². The van der Waals surface area contributed by atoms with Gasteiger partial charge >= 0.3 is 5.97 Å². The first-order valence-electron chi connectivity index (χ1n) is 6.18. The Morgan fingerprint density at radius 2 is 2.33 bits per heavy atom. The fourth-order valence-corrected chi connectivity index (χ4v) is 3.79. The van der Waals surface area contributed by atoms with Gasteiger partial charge in [0, 0.05) is 18.0 Å². The van der Waals surface area contributed by atoms with Crippen LogP contribution in [0.15, 0.2) is 0 Å². The fraction of sp³-hybridized carbons (Fsp3) is 0.538. The summed E-state index contributed by atoms with van der Waals surface area (Å²) in [5.41, 5.74) is 1.98. The molecule has 0 spiro atoms. The number of hydrogen-bond donors (Lipinski definition) is 1. The number of aliphatic carboxylic acids is 1. The average molecular weight is 264 g/mol. The van der Waals surface area contributed by atoms with Crippen LogP contribution < -0.4 is 4.90 Å². The molecule has 1 N–H and O–H groups in total. The van der Waals surface area contributed by atoms with Gasteiger partial charge in [0.15, 0.2) is 0 Å². The Morgan fingerprint density at radius 1 is 1.56 bits per heavy atom. The minimum absolute atomic E-state index is 0.112. The highest BCUT2D eigenvalue weighted by Gasteiger charge is 2.24. The minimum Gasteiger partial charge on any atom is -0.481 e. The first kappa shape index (κ1) is 12.9. The first-order valence-corrected chi connectivity index (χ1v) is 7.00. The van der Waals surface area contributed by atoms with E-state index in [0.717, 1.165) is 36.4 Å². The van der Waals surface area contributed by atoms with E-state index in [9.17, 15) is 10.1 Å². The second-order valence-electron chi connectivity index (χ2n) is 4.37. The molecule has 1 aromatic heterocycles. The molecule has 18 heavy (non-hydrogen) atoms. The van der Waals surface area contributed by atoms with Gasteiger partial charge in [-0.1, -0.05) is 0 Å². The highest BCUT2D eigenvalue weighted by atomic mass is 32.1. The van der Waals surface area contributed by atoms with Crippen molar-refractivity contribution < 1.29 is 9.90 Å². The number of carboxylic acids is 1. The van der Waals surface area contributed by atoms with Crippen LogP contribution in [0.5, 0.6) is 0 Å². The molecule has 1 aromatic rings. The third-order valence-electron chi connectivity index (χ3n) is 3.28. The summed E-state index contributed by atoms with van der Waals surface area (Å²) in [7, 11) is 0. The van der Waals surface area contributed by atoms with E-state index in [2.05, 4.69) is 6.07 Å². The number of thiophene rings is 1. The van der Waals surface area contributed by atoms with Crippen molar-refractivity contribution in [1.29, 1.82) is 5.26 Å². The van der Waals surface area contributed by atoms with E-state index in [1.54, 1.807) is 11.3 Å². The summed E-state index contributed by atoms with van der Waals surface area (Å²) in [4.78, 5) is 14.0. The molecule has 0 radical (unpaired) electrons. The molecule has 4 nitrogen and oxygen atoms in total. The summed E-state index contributed by atoms with van der Waals surface area (Å²) in [6, 6.07) is 2.30. The Hall–Kier alpha value is -1.54. The number of hydrogen-bond acceptors (Lipinski definition) is 4. The predicted molar refractivity (Wildman–Crippen MR) is 71.2 cm³/mol. The van der Waals surface area contributed by atoms with Crippen molar-refractivity contribution in [1.82, 2.24) is 0 Å². The van der Waals surface area contributed by atoms with Crippen molar-refractivity contribution in [3.63, 3.8) is 0 Å². The normalized spacial score (nSPS) is 13.1. The zero-order chi connectivity index (χ0) is 13.1. The number of carbonyl (C=O) groups is 1. The Bertz CT molecular complexity index is 502. The van der Waals surface area contributed by atoms with Gasteiger partial charge in [-0.3, -0.25) is 4.79 Å². The second-order valence-corrected chi connectivity index (χ2v) is 5.46. The third-order valence-corrected chi connectivity index (χ3v) is 4.63. The molecule has 1 heterocycles. The zero-order valence-electron chi connectivity index (χ0n) is 10.4. The van der Waals surface area contributed by atoms with Crippen LogP contribution in [-0.2, 0) is 17.6 Å². The molecule has 5 heteroatoms. The van der Waals surface area contributed by atoms with E-state index < -0.39 is 5.97 Å². The van der Waals surface area contributed by atoms with E-state index in [4.69, 9.17) is 5.11 Å². The molecule has 0 unspecified atom stereocenters. The fourth-order valence-electron chi connectivity index (χ4n) is 2.36. The standard InChI is InChI=1S/C13H16N2O2S/c1-2-15(7-6-12(16)17)13-10(8-14)9-4-3-5-11(9)18-13/h2-7H2,1H3,(H,16,17). The van der Waals surface area contributed by atoms with Gasteiger partial charge in [-0.05, 0) is 31.7 Å². The van der Waals surface area contributed by atoms with Gasteiger partial charge < -0.3 is 10.0 Å². The maximum atomic E-state index is 10.7. The lowest BCUT2D eigenvalue weighted by Crippen LogP contribution is -2.25. The number of fused-ring (bicyclic) bond motifs is 1. The smallest absolute Gasteiger partial charge is 0.305 e. The SMILES string of the molecule is CCN(CCC(=O)O)c1sc2c(c1C#N)CCC2. The Morgan fingerprint density at radius 3 is 2.94 bits per heavy atom. The van der Waals surface area contributed by atoms with Crippen LogP contribution in [-0.4, -0.2) is 24.2 Å². The van der Waals surface area contributed by atoms with Crippen molar-refractivity contribution in [3.05, 3.63) is 16.0 Å². The molecular weight excluding hydrogens is 248 g/mol. The molecule has 1 aliphatic carbocycles. The van der Waals surface area contributed by atoms with Crippen LogP contribution in [0.25, 0.3) is 0 Å². The molecule has 0 aliphatic heterocycles. The van der Waals surface area contributed by atoms with Crippen LogP contribution in [0.2, 0.25) is 0 Å². The average Bonchev–Trinajstić information content (AvgIpc) is 2.89. The van der Waals surface area contributed by atoms with Crippen molar-refractivity contribution >= 4 is 22.3 Å². The minimum atomic E-state index is -0.795. The largest absolute Gasteiger partial charge is 0.481 e. The summed E-state index contributed by atoms with van der Waals surface area (Å²) >= 11 is 1.67. The predicted octanol–water partition coefficient (Wildman–Crippen LogP) is 2.41. The second kappa shape index (κ2) is 5.40. The molecule has 0 saturated heterocycles. The van der Waals surface area contributed by atoms with E-state index >= 15 is 0 Å². The molecule has 0 bridgehead atoms. The number of aryl methyl sites for hydroxylation is 1. The van der Waals surface area contributed by atoms with Gasteiger partial charge in [-0.25, -0.2) is 0 Å². The molecule has 1 aliphatic rings. The molecule has 0 saturated carbocycles. The lowest BCUT2D eigenvalue weighted by atomic mass is 10.1. The summed E-state index contributed by atoms with van der Waals surface area (Å²) in [5, 5.41) is 19.0. The monoisotopic (exact) mass is 264 g/mol. The lowest BCUT2D eigenvalue weighted by molar-refractivity contribution is -0.136. The van der Waals surface area contributed by atoms with E-state index in [1.165, 1.54) is 10.4 Å². The van der Waals surface area contributed by atoms with Crippen molar-refractivity contribution in [2.45, 2.75) is 32.6 Å². The van der Waals surface area contributed by atoms with E-state index in [0.29, 0.717) is 6.54 Å². The first-order chi connectivity index (χ1) is 8.67. The number of nitrogens with zero attached hydrogens (tertiary/aromatic N) is 2. The third kappa shape index (κ3) is 2.34. The molecule has 96 valence electrons. The molecular formula is C13H16N2O2S. The van der Waals surface area contributed by atoms with Crippen LogP contribution in [0.1, 0.15) is 35.8 Å². The molecule has 2 rings (SSSR count). The van der Waals surface area contributed by atoms with Crippen LogP contribution in [0.3, 0.4) is 0 Å². The maximum absolute atomic E-state index is 10.7. The summed E-state index contributed by atoms with van der Waals surface area (Å²) < 4.78 is 0. The van der Waals surface area contributed by atoms with E-state index in [-0.39, 0.29) is 6.42 Å². The number of rotatable bonds is 5. The molecule has 0 fully saturated rings. The highest BCUT2D eigenvalue weighted by molar-refractivity contribution is 7.16. The Balaban J connectivity index is 2.26. The quantitative estimate of drug-likeness (QED) is 0.887. The van der Waals surface area contributed by atoms with Crippen molar-refractivity contribution in [3.8, 4) is 6.07 Å². The van der Waals surface area contributed by atoms with Crippen LogP contribution >= 0.6 is 11.3 Å². The van der Waals surface area contributed by atoms with Gasteiger partial charge in [0.1, 0.15) is 11.1 Å². The van der Waals surface area contributed by atoms with Crippen LogP contribution in [0, 0.1) is 11.3 Å². The van der Waals surface area contributed by atoms with Crippen molar-refractivity contribution in [2.75, 3.05) is 18.0 Å². The Kier molecular flexibility index (Phi) is 3.87. The van der Waals surface area contributed by atoms with Gasteiger partial charge in [0.05, 0.1) is 12.0 Å². The zero-order valence-corrected chi connectivity index (χ0v) is 11.2. The van der Waals surface area contributed by atoms with Gasteiger partial charge in [0.2, 0.25) is 0 Å². The summed E-state index contributed by atoms with van der Waals surface area (Å²) in [6.45, 7) is 3.20.